The number of ether oxygens (including phenoxy) is 1. The minimum Gasteiger partial charge on any atom is -0.438 e. The Morgan fingerprint density at radius 2 is 1.84 bits per heavy atom. The summed E-state index contributed by atoms with van der Waals surface area (Å²) < 4.78 is 33.9. The van der Waals surface area contributed by atoms with Gasteiger partial charge in [-0.15, -0.1) is 16.4 Å². The number of carbonyl (C=O) groups is 1. The molecule has 0 amide bonds. The van der Waals surface area contributed by atoms with Crippen molar-refractivity contribution in [1.29, 1.82) is 0 Å². The van der Waals surface area contributed by atoms with Gasteiger partial charge in [-0.3, -0.25) is 9.52 Å². The first-order valence-corrected chi connectivity index (χ1v) is 11.4. The van der Waals surface area contributed by atoms with Crippen LogP contribution >= 0.6 is 22.9 Å². The van der Waals surface area contributed by atoms with Crippen LogP contribution in [-0.4, -0.2) is 29.4 Å². The van der Waals surface area contributed by atoms with Crippen LogP contribution in [-0.2, 0) is 21.5 Å². The highest BCUT2D eigenvalue weighted by Crippen LogP contribution is 2.28. The predicted octanol–water partition coefficient (Wildman–Crippen LogP) is 3.12. The lowest BCUT2D eigenvalue weighted by atomic mass is 10.2. The Bertz CT molecular complexity index is 1450. The van der Waals surface area contributed by atoms with Crippen molar-refractivity contribution in [3.8, 4) is 0 Å². The molecule has 2 aromatic carbocycles. The van der Waals surface area contributed by atoms with Gasteiger partial charge in [-0.05, 0) is 36.4 Å². The molecule has 158 valence electrons. The Balaban J connectivity index is 1.55. The Morgan fingerprint density at radius 1 is 1.10 bits per heavy atom. The summed E-state index contributed by atoms with van der Waals surface area (Å²) in [4.78, 5) is 25.1. The molecule has 1 N–H and O–H groups in total. The van der Waals surface area contributed by atoms with E-state index in [2.05, 4.69) is 15.0 Å². The summed E-state index contributed by atoms with van der Waals surface area (Å²) in [5, 5.41) is 7.99. The standard InChI is InChI=1S/C19H13ClN4O5S2/c20-16-9-10-17(30-16)31(27,28)22-15-8-4-2-6-13(15)19(26)29-11-24-18(25)12-5-1-3-7-14(12)21-23-24/h1-10,22H,11H2. The number of para-hydroxylation sites is 1. The second-order valence-electron chi connectivity index (χ2n) is 6.18. The molecule has 4 aromatic rings. The summed E-state index contributed by atoms with van der Waals surface area (Å²) in [6.07, 6.45) is 0. The number of anilines is 1. The number of carbonyl (C=O) groups excluding carboxylic acids is 1. The van der Waals surface area contributed by atoms with Gasteiger partial charge >= 0.3 is 5.97 Å². The zero-order valence-corrected chi connectivity index (χ0v) is 17.9. The maximum Gasteiger partial charge on any atom is 0.342 e. The molecule has 0 saturated heterocycles. The average molecular weight is 477 g/mol. The van der Waals surface area contributed by atoms with Crippen LogP contribution < -0.4 is 10.3 Å². The van der Waals surface area contributed by atoms with Crippen molar-refractivity contribution in [2.24, 2.45) is 0 Å². The average Bonchev–Trinajstić information content (AvgIpc) is 3.21. The Hall–Kier alpha value is -3.28. The molecule has 0 aliphatic carbocycles. The van der Waals surface area contributed by atoms with E-state index in [9.17, 15) is 18.0 Å². The second kappa shape index (κ2) is 8.46. The molecule has 0 spiro atoms. The van der Waals surface area contributed by atoms with Crippen molar-refractivity contribution < 1.29 is 17.9 Å². The van der Waals surface area contributed by atoms with Crippen LogP contribution in [0.15, 0.2) is 69.7 Å². The van der Waals surface area contributed by atoms with E-state index in [0.717, 1.165) is 16.0 Å². The van der Waals surface area contributed by atoms with Gasteiger partial charge in [-0.2, -0.15) is 4.68 Å². The number of hydrogen-bond donors (Lipinski definition) is 1. The molecule has 0 bridgehead atoms. The molecule has 2 aromatic heterocycles. The maximum absolute atomic E-state index is 12.6. The second-order valence-corrected chi connectivity index (χ2v) is 9.81. The van der Waals surface area contributed by atoms with Crippen LogP contribution in [0, 0.1) is 0 Å². The molecular weight excluding hydrogens is 464 g/mol. The van der Waals surface area contributed by atoms with Crippen LogP contribution in [0.2, 0.25) is 4.34 Å². The summed E-state index contributed by atoms with van der Waals surface area (Å²) in [7, 11) is -3.95. The van der Waals surface area contributed by atoms with Crippen LogP contribution in [0.4, 0.5) is 5.69 Å². The Kier molecular flexibility index (Phi) is 5.72. The fourth-order valence-corrected chi connectivity index (χ4v) is 5.26. The number of nitrogens with one attached hydrogen (secondary N) is 1. The van der Waals surface area contributed by atoms with E-state index in [1.54, 1.807) is 36.4 Å². The monoisotopic (exact) mass is 476 g/mol. The highest BCUT2D eigenvalue weighted by molar-refractivity contribution is 7.94. The van der Waals surface area contributed by atoms with Gasteiger partial charge in [-0.25, -0.2) is 13.2 Å². The van der Waals surface area contributed by atoms with Crippen LogP contribution in [0.25, 0.3) is 10.9 Å². The third kappa shape index (κ3) is 4.43. The number of esters is 1. The summed E-state index contributed by atoms with van der Waals surface area (Å²) in [6, 6.07) is 15.4. The van der Waals surface area contributed by atoms with E-state index in [4.69, 9.17) is 16.3 Å². The fourth-order valence-electron chi connectivity index (χ4n) is 2.69. The van der Waals surface area contributed by atoms with E-state index >= 15 is 0 Å². The minimum absolute atomic E-state index is 0.00124. The number of hydrogen-bond acceptors (Lipinski definition) is 8. The lowest BCUT2D eigenvalue weighted by Crippen LogP contribution is -2.26. The number of halogens is 1. The first-order valence-electron chi connectivity index (χ1n) is 8.72. The lowest BCUT2D eigenvalue weighted by Gasteiger charge is -2.12. The van der Waals surface area contributed by atoms with E-state index < -0.39 is 28.3 Å². The topological polar surface area (TPSA) is 120 Å². The molecule has 31 heavy (non-hydrogen) atoms. The summed E-state index contributed by atoms with van der Waals surface area (Å²) in [5.41, 5.74) is -0.0602. The van der Waals surface area contributed by atoms with Crippen molar-refractivity contribution >= 4 is 55.5 Å². The van der Waals surface area contributed by atoms with Gasteiger partial charge in [0.2, 0.25) is 0 Å². The third-order valence-corrected chi connectivity index (χ3v) is 7.24. The van der Waals surface area contributed by atoms with Crippen molar-refractivity contribution in [2.75, 3.05) is 4.72 Å². The maximum atomic E-state index is 12.6. The van der Waals surface area contributed by atoms with E-state index in [-0.39, 0.29) is 15.5 Å². The molecule has 0 aliphatic rings. The first kappa shape index (κ1) is 21.0. The van der Waals surface area contributed by atoms with E-state index in [0.29, 0.717) is 15.2 Å². The fraction of sp³-hybridized carbons (Fsp3) is 0.0526. The zero-order valence-electron chi connectivity index (χ0n) is 15.6. The molecule has 0 radical (unpaired) electrons. The van der Waals surface area contributed by atoms with Gasteiger partial charge in [0.15, 0.2) is 6.73 Å². The Morgan fingerprint density at radius 3 is 2.61 bits per heavy atom. The number of fused-ring (bicyclic) bond motifs is 1. The van der Waals surface area contributed by atoms with Gasteiger partial charge in [0, 0.05) is 0 Å². The third-order valence-electron chi connectivity index (χ3n) is 4.15. The van der Waals surface area contributed by atoms with Gasteiger partial charge < -0.3 is 4.74 Å². The molecule has 4 rings (SSSR count). The number of benzene rings is 2. The molecule has 0 saturated carbocycles. The molecule has 12 heteroatoms. The number of sulfonamides is 1. The summed E-state index contributed by atoms with van der Waals surface area (Å²) >= 11 is 6.70. The smallest absolute Gasteiger partial charge is 0.342 e. The number of aromatic nitrogens is 3. The van der Waals surface area contributed by atoms with Crippen LogP contribution in [0.3, 0.4) is 0 Å². The molecule has 0 aliphatic heterocycles. The zero-order chi connectivity index (χ0) is 22.0. The largest absolute Gasteiger partial charge is 0.438 e. The van der Waals surface area contributed by atoms with Crippen LogP contribution in [0.5, 0.6) is 0 Å². The highest BCUT2D eigenvalue weighted by atomic mass is 35.5. The van der Waals surface area contributed by atoms with Crippen molar-refractivity contribution in [3.05, 3.63) is 80.9 Å². The van der Waals surface area contributed by atoms with Crippen molar-refractivity contribution in [3.63, 3.8) is 0 Å². The van der Waals surface area contributed by atoms with Crippen LogP contribution in [0.1, 0.15) is 10.4 Å². The molecule has 0 unspecified atom stereocenters. The highest BCUT2D eigenvalue weighted by Gasteiger charge is 2.21. The molecule has 0 atom stereocenters. The van der Waals surface area contributed by atoms with Crippen molar-refractivity contribution in [1.82, 2.24) is 15.0 Å². The molecule has 9 nitrogen and oxygen atoms in total. The van der Waals surface area contributed by atoms with Gasteiger partial charge in [0.05, 0.1) is 21.0 Å². The number of nitrogens with zero attached hydrogens (tertiary/aromatic N) is 3. The SMILES string of the molecule is O=C(OCn1nnc2ccccc2c1=O)c1ccccc1NS(=O)(=O)c1ccc(Cl)s1. The van der Waals surface area contributed by atoms with E-state index in [1.165, 1.54) is 24.3 Å². The summed E-state index contributed by atoms with van der Waals surface area (Å²) in [6.45, 7) is -0.489. The predicted molar refractivity (Wildman–Crippen MR) is 116 cm³/mol. The first-order chi connectivity index (χ1) is 14.8. The summed E-state index contributed by atoms with van der Waals surface area (Å²) in [5.74, 6) is -0.843. The number of thiophene rings is 1. The van der Waals surface area contributed by atoms with Gasteiger partial charge in [0.1, 0.15) is 9.73 Å². The minimum atomic E-state index is -3.95. The number of rotatable bonds is 6. The van der Waals surface area contributed by atoms with E-state index in [1.807, 2.05) is 0 Å². The normalized spacial score (nSPS) is 11.4. The van der Waals surface area contributed by atoms with Crippen molar-refractivity contribution in [2.45, 2.75) is 10.9 Å². The quantitative estimate of drug-likeness (QED) is 0.424. The molecule has 0 fully saturated rings. The van der Waals surface area contributed by atoms with Gasteiger partial charge in [0.25, 0.3) is 15.6 Å². The molecular formula is C19H13ClN4O5S2. The lowest BCUT2D eigenvalue weighted by molar-refractivity contribution is 0.0337. The van der Waals surface area contributed by atoms with Gasteiger partial charge in [-0.1, -0.05) is 41.1 Å². The molecule has 2 heterocycles. The Labute approximate surface area is 184 Å².